The summed E-state index contributed by atoms with van der Waals surface area (Å²) in [5, 5.41) is 0.828. The number of carbonyl (C=O) groups excluding carboxylic acids is 1. The molecule has 0 atom stereocenters. The molecule has 0 saturated heterocycles. The van der Waals surface area contributed by atoms with E-state index in [2.05, 4.69) is 20.7 Å². The van der Waals surface area contributed by atoms with E-state index in [0.29, 0.717) is 6.61 Å². The Bertz CT molecular complexity index is 141. The third-order valence-electron chi connectivity index (χ3n) is 0.929. The lowest BCUT2D eigenvalue weighted by molar-refractivity contribution is -0.139. The largest absolute Gasteiger partial charge is 0.462 e. The normalized spacial score (nSPS) is 11.3. The number of hydrogen-bond acceptors (Lipinski definition) is 2. The highest BCUT2D eigenvalue weighted by molar-refractivity contribution is 9.09. The first-order chi connectivity index (χ1) is 4.66. The van der Waals surface area contributed by atoms with E-state index in [1.54, 1.807) is 0 Å². The van der Waals surface area contributed by atoms with Crippen molar-refractivity contribution in [3.63, 3.8) is 0 Å². The molecule has 0 aliphatic carbocycles. The zero-order valence-corrected chi connectivity index (χ0v) is 7.77. The van der Waals surface area contributed by atoms with Crippen molar-refractivity contribution in [3.05, 3.63) is 11.6 Å². The number of rotatable bonds is 3. The van der Waals surface area contributed by atoms with Crippen LogP contribution in [0.4, 0.5) is 0 Å². The summed E-state index contributed by atoms with van der Waals surface area (Å²) in [5.41, 5.74) is 1.17. The molecule has 2 nitrogen and oxygen atoms in total. The van der Waals surface area contributed by atoms with Crippen LogP contribution < -0.4 is 0 Å². The van der Waals surface area contributed by atoms with Crippen molar-refractivity contribution in [2.45, 2.75) is 13.8 Å². The van der Waals surface area contributed by atoms with Gasteiger partial charge in [0.1, 0.15) is 6.61 Å². The molecule has 0 radical (unpaired) electrons. The van der Waals surface area contributed by atoms with E-state index in [1.807, 2.05) is 13.0 Å². The molecule has 0 aromatic heterocycles. The van der Waals surface area contributed by atoms with Gasteiger partial charge in [0.25, 0.3) is 0 Å². The zero-order valence-electron chi connectivity index (χ0n) is 6.19. The van der Waals surface area contributed by atoms with Gasteiger partial charge in [0.15, 0.2) is 0 Å². The number of allylic oxidation sites excluding steroid dienone is 1. The fraction of sp³-hybridized carbons (Fsp3) is 0.571. The first kappa shape index (κ1) is 9.69. The Kier molecular flexibility index (Phi) is 5.30. The van der Waals surface area contributed by atoms with Crippen molar-refractivity contribution >= 4 is 21.9 Å². The summed E-state index contributed by atoms with van der Waals surface area (Å²) in [4.78, 5) is 10.3. The van der Waals surface area contributed by atoms with Crippen LogP contribution in [-0.2, 0) is 9.53 Å². The molecule has 10 heavy (non-hydrogen) atoms. The molecular weight excluding hydrogens is 196 g/mol. The van der Waals surface area contributed by atoms with Gasteiger partial charge in [-0.25, -0.2) is 0 Å². The predicted molar refractivity (Wildman–Crippen MR) is 44.2 cm³/mol. The SMILES string of the molecule is CC(=O)OC/C=C(\C)CBr. The van der Waals surface area contributed by atoms with Crippen molar-refractivity contribution in [2.75, 3.05) is 11.9 Å². The van der Waals surface area contributed by atoms with Crippen LogP contribution in [0.1, 0.15) is 13.8 Å². The Labute approximate surface area is 69.4 Å². The highest BCUT2D eigenvalue weighted by Gasteiger charge is 1.88. The Balaban J connectivity index is 3.43. The van der Waals surface area contributed by atoms with E-state index < -0.39 is 0 Å². The van der Waals surface area contributed by atoms with Crippen LogP contribution in [0.25, 0.3) is 0 Å². The number of hydrogen-bond donors (Lipinski definition) is 0. The summed E-state index contributed by atoms with van der Waals surface area (Å²) in [5.74, 6) is -0.237. The fourth-order valence-corrected chi connectivity index (χ4v) is 0.585. The number of halogens is 1. The average molecular weight is 207 g/mol. The molecule has 3 heteroatoms. The Morgan fingerprint density at radius 3 is 2.60 bits per heavy atom. The van der Waals surface area contributed by atoms with Crippen molar-refractivity contribution in [2.24, 2.45) is 0 Å². The smallest absolute Gasteiger partial charge is 0.302 e. The molecule has 0 aliphatic rings. The molecule has 0 fully saturated rings. The highest BCUT2D eigenvalue weighted by Crippen LogP contribution is 1.96. The molecule has 0 aromatic carbocycles. The summed E-state index contributed by atoms with van der Waals surface area (Å²) in [6.07, 6.45) is 1.87. The van der Waals surface area contributed by atoms with Crippen LogP contribution in [0.15, 0.2) is 11.6 Å². The second-order valence-corrected chi connectivity index (χ2v) is 2.55. The molecule has 0 rings (SSSR count). The number of esters is 1. The lowest BCUT2D eigenvalue weighted by Crippen LogP contribution is -1.98. The van der Waals surface area contributed by atoms with Crippen molar-refractivity contribution < 1.29 is 9.53 Å². The van der Waals surface area contributed by atoms with E-state index >= 15 is 0 Å². The molecule has 0 spiro atoms. The quantitative estimate of drug-likeness (QED) is 0.401. The molecule has 0 heterocycles. The van der Waals surface area contributed by atoms with E-state index in [-0.39, 0.29) is 5.97 Å². The average Bonchev–Trinajstić information content (AvgIpc) is 1.87. The van der Waals surface area contributed by atoms with Gasteiger partial charge in [-0.05, 0) is 13.0 Å². The van der Waals surface area contributed by atoms with Gasteiger partial charge in [-0.15, -0.1) is 0 Å². The van der Waals surface area contributed by atoms with E-state index in [9.17, 15) is 4.79 Å². The molecule has 0 amide bonds. The maximum Gasteiger partial charge on any atom is 0.302 e. The number of ether oxygens (including phenoxy) is 1. The minimum atomic E-state index is -0.237. The maximum absolute atomic E-state index is 10.3. The van der Waals surface area contributed by atoms with Crippen LogP contribution in [-0.4, -0.2) is 17.9 Å². The molecule has 0 unspecified atom stereocenters. The van der Waals surface area contributed by atoms with Gasteiger partial charge in [0.2, 0.25) is 0 Å². The van der Waals surface area contributed by atoms with Crippen molar-refractivity contribution in [3.8, 4) is 0 Å². The van der Waals surface area contributed by atoms with E-state index in [1.165, 1.54) is 12.5 Å². The van der Waals surface area contributed by atoms with E-state index in [4.69, 9.17) is 0 Å². The summed E-state index contributed by atoms with van der Waals surface area (Å²) >= 11 is 3.27. The summed E-state index contributed by atoms with van der Waals surface area (Å²) in [6.45, 7) is 3.75. The lowest BCUT2D eigenvalue weighted by atomic mass is 10.3. The van der Waals surface area contributed by atoms with Gasteiger partial charge in [-0.2, -0.15) is 0 Å². The molecule has 58 valence electrons. The predicted octanol–water partition coefficient (Wildman–Crippen LogP) is 1.89. The molecular formula is C7H11BrO2. The Hall–Kier alpha value is -0.310. The van der Waals surface area contributed by atoms with Gasteiger partial charge < -0.3 is 4.74 Å². The van der Waals surface area contributed by atoms with Gasteiger partial charge in [-0.3, -0.25) is 4.79 Å². The molecule has 0 bridgehead atoms. The van der Waals surface area contributed by atoms with Crippen molar-refractivity contribution in [1.29, 1.82) is 0 Å². The van der Waals surface area contributed by atoms with Gasteiger partial charge >= 0.3 is 5.97 Å². The van der Waals surface area contributed by atoms with Crippen LogP contribution in [0.3, 0.4) is 0 Å². The lowest BCUT2D eigenvalue weighted by Gasteiger charge is -1.96. The first-order valence-corrected chi connectivity index (χ1v) is 4.14. The van der Waals surface area contributed by atoms with Crippen LogP contribution in [0.2, 0.25) is 0 Å². The zero-order chi connectivity index (χ0) is 7.98. The van der Waals surface area contributed by atoms with Gasteiger partial charge in [0.05, 0.1) is 0 Å². The highest BCUT2D eigenvalue weighted by atomic mass is 79.9. The minimum Gasteiger partial charge on any atom is -0.462 e. The number of alkyl halides is 1. The second-order valence-electron chi connectivity index (χ2n) is 1.99. The third-order valence-corrected chi connectivity index (χ3v) is 1.81. The van der Waals surface area contributed by atoms with Gasteiger partial charge in [0, 0.05) is 12.3 Å². The summed E-state index contributed by atoms with van der Waals surface area (Å²) in [6, 6.07) is 0. The van der Waals surface area contributed by atoms with E-state index in [0.717, 1.165) is 5.33 Å². The Morgan fingerprint density at radius 2 is 2.20 bits per heavy atom. The molecule has 0 aliphatic heterocycles. The second kappa shape index (κ2) is 5.47. The molecule has 0 N–H and O–H groups in total. The minimum absolute atomic E-state index is 0.237. The van der Waals surface area contributed by atoms with Crippen LogP contribution in [0, 0.1) is 0 Å². The third kappa shape index (κ3) is 5.82. The van der Waals surface area contributed by atoms with Crippen LogP contribution in [0.5, 0.6) is 0 Å². The monoisotopic (exact) mass is 206 g/mol. The Morgan fingerprint density at radius 1 is 1.60 bits per heavy atom. The summed E-state index contributed by atoms with van der Waals surface area (Å²) in [7, 11) is 0. The summed E-state index contributed by atoms with van der Waals surface area (Å²) < 4.78 is 4.68. The van der Waals surface area contributed by atoms with Crippen LogP contribution >= 0.6 is 15.9 Å². The first-order valence-electron chi connectivity index (χ1n) is 3.01. The molecule has 0 saturated carbocycles. The van der Waals surface area contributed by atoms with Gasteiger partial charge in [-0.1, -0.05) is 21.5 Å². The fourth-order valence-electron chi connectivity index (χ4n) is 0.356. The van der Waals surface area contributed by atoms with Crippen molar-refractivity contribution in [1.82, 2.24) is 0 Å². The maximum atomic E-state index is 10.3. The standard InChI is InChI=1S/C7H11BrO2/c1-6(5-8)3-4-10-7(2)9/h3H,4-5H2,1-2H3/b6-3+. The molecule has 0 aromatic rings. The number of carbonyl (C=O) groups is 1. The topological polar surface area (TPSA) is 26.3 Å².